The maximum absolute atomic E-state index is 12.3. The molecule has 23 heavy (non-hydrogen) atoms. The van der Waals surface area contributed by atoms with Crippen molar-refractivity contribution in [1.82, 2.24) is 0 Å². The Morgan fingerprint density at radius 2 is 1.83 bits per heavy atom. The highest BCUT2D eigenvalue weighted by molar-refractivity contribution is 6.30. The Hall–Kier alpha value is -2.00. The molecule has 4 heteroatoms. The number of hydrogen-bond donors (Lipinski definition) is 1. The first-order valence-corrected chi connectivity index (χ1v) is 7.98. The Labute approximate surface area is 142 Å². The fraction of sp³-hybridized carbons (Fsp3) is 0.316. The van der Waals surface area contributed by atoms with Gasteiger partial charge in [-0.15, -0.1) is 0 Å². The molecule has 0 fully saturated rings. The second kappa shape index (κ2) is 7.05. The van der Waals surface area contributed by atoms with Gasteiger partial charge in [0.05, 0.1) is 0 Å². The molecule has 122 valence electrons. The molecule has 0 heterocycles. The van der Waals surface area contributed by atoms with Crippen LogP contribution in [0.5, 0.6) is 5.75 Å². The van der Waals surface area contributed by atoms with E-state index in [0.29, 0.717) is 10.7 Å². The van der Waals surface area contributed by atoms with E-state index in [9.17, 15) is 4.79 Å². The summed E-state index contributed by atoms with van der Waals surface area (Å²) in [6.45, 7) is 8.09. The average molecular weight is 332 g/mol. The molecule has 0 radical (unpaired) electrons. The van der Waals surface area contributed by atoms with Crippen molar-refractivity contribution in [2.45, 2.75) is 39.2 Å². The summed E-state index contributed by atoms with van der Waals surface area (Å²) in [5, 5.41) is 3.39. The Morgan fingerprint density at radius 3 is 2.48 bits per heavy atom. The molecule has 0 aliphatic carbocycles. The summed E-state index contributed by atoms with van der Waals surface area (Å²) >= 11 is 5.93. The molecule has 1 N–H and O–H groups in total. The highest BCUT2D eigenvalue weighted by Gasteiger charge is 2.22. The smallest absolute Gasteiger partial charge is 0.265 e. The van der Waals surface area contributed by atoms with Crippen LogP contribution in [-0.4, -0.2) is 12.0 Å². The average Bonchev–Trinajstić information content (AvgIpc) is 2.46. The zero-order valence-electron chi connectivity index (χ0n) is 13.9. The Kier molecular flexibility index (Phi) is 5.32. The lowest BCUT2D eigenvalue weighted by molar-refractivity contribution is -0.122. The second-order valence-corrected chi connectivity index (χ2v) is 6.94. The molecule has 0 saturated heterocycles. The molecule has 1 atom stereocenters. The first-order chi connectivity index (χ1) is 10.8. The summed E-state index contributed by atoms with van der Waals surface area (Å²) in [5.74, 6) is 0.518. The third-order valence-electron chi connectivity index (χ3n) is 3.46. The Morgan fingerprint density at radius 1 is 1.13 bits per heavy atom. The van der Waals surface area contributed by atoms with E-state index >= 15 is 0 Å². The van der Waals surface area contributed by atoms with Crippen molar-refractivity contribution in [2.24, 2.45) is 0 Å². The van der Waals surface area contributed by atoms with E-state index in [-0.39, 0.29) is 11.3 Å². The number of hydrogen-bond acceptors (Lipinski definition) is 2. The third kappa shape index (κ3) is 4.73. The van der Waals surface area contributed by atoms with Crippen LogP contribution in [-0.2, 0) is 10.2 Å². The molecular weight excluding hydrogens is 310 g/mol. The summed E-state index contributed by atoms with van der Waals surface area (Å²) in [4.78, 5) is 12.3. The summed E-state index contributed by atoms with van der Waals surface area (Å²) < 4.78 is 5.89. The van der Waals surface area contributed by atoms with Crippen molar-refractivity contribution < 1.29 is 9.53 Å². The van der Waals surface area contributed by atoms with E-state index < -0.39 is 6.10 Å². The fourth-order valence-corrected chi connectivity index (χ4v) is 2.43. The van der Waals surface area contributed by atoms with Crippen molar-refractivity contribution in [3.8, 4) is 5.75 Å². The predicted molar refractivity (Wildman–Crippen MR) is 95.3 cm³/mol. The molecule has 1 unspecified atom stereocenters. The van der Waals surface area contributed by atoms with Crippen molar-refractivity contribution in [2.75, 3.05) is 5.32 Å². The lowest BCUT2D eigenvalue weighted by Crippen LogP contribution is -2.31. The van der Waals surface area contributed by atoms with Crippen molar-refractivity contribution in [3.05, 3.63) is 59.1 Å². The van der Waals surface area contributed by atoms with Gasteiger partial charge in [0.25, 0.3) is 5.91 Å². The first-order valence-electron chi connectivity index (χ1n) is 7.60. The molecule has 2 aromatic carbocycles. The number of ether oxygens (including phenoxy) is 1. The van der Waals surface area contributed by atoms with E-state index in [1.54, 1.807) is 31.2 Å². The molecule has 3 nitrogen and oxygen atoms in total. The number of benzene rings is 2. The standard InChI is InChI=1S/C19H22ClNO2/c1-13(18(22)21-15-9-7-8-14(20)12-15)23-17-11-6-5-10-16(17)19(2,3)4/h5-13H,1-4H3,(H,21,22). The molecule has 2 aromatic rings. The largest absolute Gasteiger partial charge is 0.481 e. The summed E-state index contributed by atoms with van der Waals surface area (Å²) in [7, 11) is 0. The van der Waals surface area contributed by atoms with E-state index in [4.69, 9.17) is 16.3 Å². The Bertz CT molecular complexity index is 692. The topological polar surface area (TPSA) is 38.3 Å². The minimum absolute atomic E-state index is 0.0558. The maximum Gasteiger partial charge on any atom is 0.265 e. The van der Waals surface area contributed by atoms with E-state index in [1.165, 1.54) is 0 Å². The number of anilines is 1. The van der Waals surface area contributed by atoms with Gasteiger partial charge >= 0.3 is 0 Å². The van der Waals surface area contributed by atoms with E-state index in [1.807, 2.05) is 24.3 Å². The molecule has 1 amide bonds. The summed E-state index contributed by atoms with van der Waals surface area (Å²) in [6.07, 6.45) is -0.613. The van der Waals surface area contributed by atoms with Gasteiger partial charge in [-0.05, 0) is 42.2 Å². The zero-order chi connectivity index (χ0) is 17.0. The Balaban J connectivity index is 2.10. The highest BCUT2D eigenvalue weighted by Crippen LogP contribution is 2.31. The van der Waals surface area contributed by atoms with Gasteiger partial charge in [-0.25, -0.2) is 0 Å². The number of amides is 1. The van der Waals surface area contributed by atoms with Crippen LogP contribution < -0.4 is 10.1 Å². The number of carbonyl (C=O) groups excluding carboxylic acids is 1. The van der Waals surface area contributed by atoms with Crippen LogP contribution in [0.15, 0.2) is 48.5 Å². The lowest BCUT2D eigenvalue weighted by Gasteiger charge is -2.24. The lowest BCUT2D eigenvalue weighted by atomic mass is 9.86. The van der Waals surface area contributed by atoms with Crippen molar-refractivity contribution in [1.29, 1.82) is 0 Å². The van der Waals surface area contributed by atoms with E-state index in [0.717, 1.165) is 11.3 Å². The van der Waals surface area contributed by atoms with E-state index in [2.05, 4.69) is 26.1 Å². The van der Waals surface area contributed by atoms with Crippen molar-refractivity contribution in [3.63, 3.8) is 0 Å². The zero-order valence-corrected chi connectivity index (χ0v) is 14.6. The second-order valence-electron chi connectivity index (χ2n) is 6.51. The van der Waals surface area contributed by atoms with Gasteiger partial charge in [0.15, 0.2) is 6.10 Å². The molecule has 0 spiro atoms. The minimum Gasteiger partial charge on any atom is -0.481 e. The quantitative estimate of drug-likeness (QED) is 0.852. The monoisotopic (exact) mass is 331 g/mol. The molecule has 0 saturated carbocycles. The minimum atomic E-state index is -0.613. The number of para-hydroxylation sites is 1. The molecule has 2 rings (SSSR count). The van der Waals surface area contributed by atoms with Crippen LogP contribution in [0.2, 0.25) is 5.02 Å². The number of rotatable bonds is 4. The predicted octanol–water partition coefficient (Wildman–Crippen LogP) is 5.04. The summed E-state index contributed by atoms with van der Waals surface area (Å²) in [5.41, 5.74) is 1.67. The van der Waals surface area contributed by atoms with Gasteiger partial charge in [0.1, 0.15) is 5.75 Å². The van der Waals surface area contributed by atoms with Crippen LogP contribution in [0.4, 0.5) is 5.69 Å². The summed E-state index contributed by atoms with van der Waals surface area (Å²) in [6, 6.07) is 14.8. The fourth-order valence-electron chi connectivity index (χ4n) is 2.24. The number of halogens is 1. The van der Waals surface area contributed by atoms with Crippen LogP contribution in [0, 0.1) is 0 Å². The normalized spacial score (nSPS) is 12.6. The molecule has 0 bridgehead atoms. The van der Waals surface area contributed by atoms with Gasteiger partial charge < -0.3 is 10.1 Å². The maximum atomic E-state index is 12.3. The molecule has 0 aliphatic heterocycles. The van der Waals surface area contributed by atoms with Crippen LogP contribution in [0.25, 0.3) is 0 Å². The van der Waals surface area contributed by atoms with Gasteiger partial charge in [0, 0.05) is 10.7 Å². The highest BCUT2D eigenvalue weighted by atomic mass is 35.5. The van der Waals surface area contributed by atoms with Gasteiger partial charge in [-0.2, -0.15) is 0 Å². The van der Waals surface area contributed by atoms with Gasteiger partial charge in [-0.3, -0.25) is 4.79 Å². The van der Waals surface area contributed by atoms with Crippen LogP contribution in [0.3, 0.4) is 0 Å². The molecular formula is C19H22ClNO2. The van der Waals surface area contributed by atoms with Gasteiger partial charge in [-0.1, -0.05) is 56.6 Å². The molecule has 0 aliphatic rings. The van der Waals surface area contributed by atoms with Crippen LogP contribution >= 0.6 is 11.6 Å². The van der Waals surface area contributed by atoms with Gasteiger partial charge in [0.2, 0.25) is 0 Å². The number of nitrogens with one attached hydrogen (secondary N) is 1. The third-order valence-corrected chi connectivity index (χ3v) is 3.70. The van der Waals surface area contributed by atoms with Crippen molar-refractivity contribution >= 4 is 23.2 Å². The SMILES string of the molecule is CC(Oc1ccccc1C(C)(C)C)C(=O)Nc1cccc(Cl)c1. The first kappa shape index (κ1) is 17.4. The van der Waals surface area contributed by atoms with Crippen LogP contribution in [0.1, 0.15) is 33.3 Å². The molecule has 0 aromatic heterocycles. The number of carbonyl (C=O) groups is 1.